The molecule has 2 heterocycles. The van der Waals surface area contributed by atoms with Crippen LogP contribution in [-0.2, 0) is 5.41 Å². The molecule has 0 radical (unpaired) electrons. The van der Waals surface area contributed by atoms with E-state index < -0.39 is 35.9 Å². The lowest BCUT2D eigenvalue weighted by Gasteiger charge is -2.17. The number of alkyl halides is 3. The highest BCUT2D eigenvalue weighted by molar-refractivity contribution is 6.01. The number of hydrogen-bond donors (Lipinski definition) is 1. The standard InChI is InChI=1S/C23H21F3N4O3/c1-23(2,11-27)13-4-5-30-16(10-28-19(30)8-13)12-6-17(32-3)20(18(7-12)33-22(25)26)21(31)29-15-9-14(15)24/h4-8,10,14-15,22H,9H2,1-3H3,(H,29,31). The van der Waals surface area contributed by atoms with E-state index in [1.165, 1.54) is 25.4 Å². The topological polar surface area (TPSA) is 88.7 Å². The molecule has 1 fully saturated rings. The highest BCUT2D eigenvalue weighted by Crippen LogP contribution is 2.37. The Hall–Kier alpha value is -3.74. The molecule has 10 heteroatoms. The van der Waals surface area contributed by atoms with E-state index in [1.54, 1.807) is 36.6 Å². The van der Waals surface area contributed by atoms with Crippen molar-refractivity contribution in [1.29, 1.82) is 5.26 Å². The van der Waals surface area contributed by atoms with Crippen molar-refractivity contribution in [3.8, 4) is 28.8 Å². The van der Waals surface area contributed by atoms with Crippen LogP contribution >= 0.6 is 0 Å². The Morgan fingerprint density at radius 3 is 2.64 bits per heavy atom. The third-order valence-corrected chi connectivity index (χ3v) is 5.57. The quantitative estimate of drug-likeness (QED) is 0.572. The lowest BCUT2D eigenvalue weighted by Crippen LogP contribution is -2.28. The van der Waals surface area contributed by atoms with Gasteiger partial charge in [-0.1, -0.05) is 0 Å². The zero-order valence-corrected chi connectivity index (χ0v) is 18.1. The highest BCUT2D eigenvalue weighted by Gasteiger charge is 2.40. The number of benzene rings is 1. The van der Waals surface area contributed by atoms with E-state index in [1.807, 2.05) is 0 Å². The number of pyridine rings is 1. The Morgan fingerprint density at radius 2 is 2.03 bits per heavy atom. The van der Waals surface area contributed by atoms with Crippen molar-refractivity contribution in [3.05, 3.63) is 47.8 Å². The van der Waals surface area contributed by atoms with Crippen molar-refractivity contribution in [3.63, 3.8) is 0 Å². The Morgan fingerprint density at radius 1 is 1.33 bits per heavy atom. The van der Waals surface area contributed by atoms with E-state index in [-0.39, 0.29) is 17.7 Å². The van der Waals surface area contributed by atoms with Gasteiger partial charge in [-0.25, -0.2) is 9.37 Å². The van der Waals surface area contributed by atoms with E-state index in [9.17, 15) is 23.2 Å². The van der Waals surface area contributed by atoms with Gasteiger partial charge < -0.3 is 14.8 Å². The minimum atomic E-state index is -3.19. The van der Waals surface area contributed by atoms with Crippen molar-refractivity contribution in [2.24, 2.45) is 0 Å². The summed E-state index contributed by atoms with van der Waals surface area (Å²) in [6, 6.07) is 7.92. The number of nitrogens with one attached hydrogen (secondary N) is 1. The largest absolute Gasteiger partial charge is 0.496 e. The zero-order chi connectivity index (χ0) is 23.9. The number of ether oxygens (including phenoxy) is 2. The number of hydrogen-bond acceptors (Lipinski definition) is 5. The number of rotatable bonds is 7. The smallest absolute Gasteiger partial charge is 0.387 e. The van der Waals surface area contributed by atoms with Crippen LogP contribution in [-0.4, -0.2) is 41.2 Å². The minimum Gasteiger partial charge on any atom is -0.496 e. The van der Waals surface area contributed by atoms with Gasteiger partial charge in [0.2, 0.25) is 0 Å². The second-order valence-electron chi connectivity index (χ2n) is 8.29. The van der Waals surface area contributed by atoms with Crippen LogP contribution in [0.3, 0.4) is 0 Å². The fourth-order valence-corrected chi connectivity index (χ4v) is 3.51. The summed E-state index contributed by atoms with van der Waals surface area (Å²) in [5.41, 5.74) is 1.30. The molecule has 2 atom stereocenters. The van der Waals surface area contributed by atoms with Gasteiger partial charge in [0.05, 0.1) is 36.5 Å². The van der Waals surface area contributed by atoms with Crippen LogP contribution in [0.5, 0.6) is 11.5 Å². The first-order valence-corrected chi connectivity index (χ1v) is 10.2. The lowest BCUT2D eigenvalue weighted by molar-refractivity contribution is -0.0502. The fraction of sp³-hybridized carbons (Fsp3) is 0.348. The third-order valence-electron chi connectivity index (χ3n) is 5.57. The van der Waals surface area contributed by atoms with E-state index >= 15 is 0 Å². The van der Waals surface area contributed by atoms with Crippen LogP contribution in [0.25, 0.3) is 16.9 Å². The molecule has 33 heavy (non-hydrogen) atoms. The molecule has 0 bridgehead atoms. The van der Waals surface area contributed by atoms with Crippen molar-refractivity contribution >= 4 is 11.6 Å². The second-order valence-corrected chi connectivity index (χ2v) is 8.29. The number of nitriles is 1. The Kier molecular flexibility index (Phi) is 5.66. The number of imidazole rings is 1. The van der Waals surface area contributed by atoms with Gasteiger partial charge in [-0.3, -0.25) is 9.20 Å². The summed E-state index contributed by atoms with van der Waals surface area (Å²) in [6.45, 7) is 0.389. The van der Waals surface area contributed by atoms with E-state index in [2.05, 4.69) is 21.1 Å². The third kappa shape index (κ3) is 4.31. The molecule has 2 aromatic heterocycles. The van der Waals surface area contributed by atoms with Gasteiger partial charge in [-0.2, -0.15) is 14.0 Å². The van der Waals surface area contributed by atoms with Crippen LogP contribution < -0.4 is 14.8 Å². The number of halogens is 3. The monoisotopic (exact) mass is 458 g/mol. The molecule has 1 aliphatic carbocycles. The zero-order valence-electron chi connectivity index (χ0n) is 18.1. The SMILES string of the molecule is COc1cc(-c2cnc3cc(C(C)(C)C#N)ccn23)cc(OC(F)F)c1C(=O)NC1CC1F. The van der Waals surface area contributed by atoms with Gasteiger partial charge in [-0.15, -0.1) is 0 Å². The molecular formula is C23H21F3N4O3. The van der Waals surface area contributed by atoms with E-state index in [0.717, 1.165) is 5.56 Å². The molecule has 1 aromatic carbocycles. The molecular weight excluding hydrogens is 437 g/mol. The molecule has 0 spiro atoms. The molecule has 2 unspecified atom stereocenters. The summed E-state index contributed by atoms with van der Waals surface area (Å²) in [5.74, 6) is -1.17. The molecule has 4 rings (SSSR count). The lowest BCUT2D eigenvalue weighted by atomic mass is 9.87. The number of fused-ring (bicyclic) bond motifs is 1. The van der Waals surface area contributed by atoms with Crippen molar-refractivity contribution < 1.29 is 27.4 Å². The summed E-state index contributed by atoms with van der Waals surface area (Å²) in [7, 11) is 1.29. The normalized spacial score (nSPS) is 17.6. The predicted molar refractivity (Wildman–Crippen MR) is 113 cm³/mol. The number of carbonyl (C=O) groups excluding carboxylic acids is 1. The van der Waals surface area contributed by atoms with Crippen LogP contribution in [0.1, 0.15) is 36.2 Å². The van der Waals surface area contributed by atoms with Gasteiger partial charge in [0, 0.05) is 18.2 Å². The summed E-state index contributed by atoms with van der Waals surface area (Å²) in [4.78, 5) is 17.0. The maximum absolute atomic E-state index is 13.2. The summed E-state index contributed by atoms with van der Waals surface area (Å²) in [6.07, 6.45) is 2.27. The Labute approximate surface area is 187 Å². The molecule has 7 nitrogen and oxygen atoms in total. The summed E-state index contributed by atoms with van der Waals surface area (Å²) >= 11 is 0. The first kappa shape index (κ1) is 22.5. The van der Waals surface area contributed by atoms with Gasteiger partial charge in [0.15, 0.2) is 0 Å². The van der Waals surface area contributed by atoms with E-state index in [4.69, 9.17) is 4.74 Å². The first-order chi connectivity index (χ1) is 15.6. The van der Waals surface area contributed by atoms with Crippen LogP contribution in [0.2, 0.25) is 0 Å². The van der Waals surface area contributed by atoms with Gasteiger partial charge in [-0.05, 0) is 43.7 Å². The van der Waals surface area contributed by atoms with Crippen LogP contribution in [0.15, 0.2) is 36.7 Å². The predicted octanol–water partition coefficient (Wildman–Crippen LogP) is 4.25. The molecule has 1 amide bonds. The second kappa shape index (κ2) is 8.31. The summed E-state index contributed by atoms with van der Waals surface area (Å²) in [5, 5.41) is 11.8. The molecule has 1 aliphatic rings. The van der Waals surface area contributed by atoms with E-state index in [0.29, 0.717) is 16.9 Å². The van der Waals surface area contributed by atoms with Crippen molar-refractivity contribution in [2.45, 2.75) is 44.5 Å². The maximum Gasteiger partial charge on any atom is 0.387 e. The number of nitrogens with zero attached hydrogens (tertiary/aromatic N) is 3. The molecule has 0 aliphatic heterocycles. The van der Waals surface area contributed by atoms with Crippen molar-refractivity contribution in [1.82, 2.24) is 14.7 Å². The van der Waals surface area contributed by atoms with Crippen LogP contribution in [0.4, 0.5) is 13.2 Å². The highest BCUT2D eigenvalue weighted by atomic mass is 19.3. The average molecular weight is 458 g/mol. The number of carbonyl (C=O) groups is 1. The maximum atomic E-state index is 13.2. The number of amides is 1. The van der Waals surface area contributed by atoms with Crippen molar-refractivity contribution in [2.75, 3.05) is 7.11 Å². The molecule has 1 saturated carbocycles. The molecule has 3 aromatic rings. The average Bonchev–Trinajstić information content (AvgIpc) is 3.30. The van der Waals surface area contributed by atoms with Crippen LogP contribution in [0, 0.1) is 11.3 Å². The first-order valence-electron chi connectivity index (χ1n) is 10.2. The van der Waals surface area contributed by atoms with Gasteiger partial charge >= 0.3 is 6.61 Å². The Balaban J connectivity index is 1.80. The Bertz CT molecular complexity index is 1270. The molecule has 1 N–H and O–H groups in total. The van der Waals surface area contributed by atoms with Gasteiger partial charge in [0.25, 0.3) is 5.91 Å². The minimum absolute atomic E-state index is 0.00566. The number of aromatic nitrogens is 2. The number of methoxy groups -OCH3 is 1. The van der Waals surface area contributed by atoms with Gasteiger partial charge in [0.1, 0.15) is 28.9 Å². The fourth-order valence-electron chi connectivity index (χ4n) is 3.51. The molecule has 172 valence electrons. The summed E-state index contributed by atoms with van der Waals surface area (Å²) < 4.78 is 51.2. The molecule has 0 saturated heterocycles.